The van der Waals surface area contributed by atoms with Crippen molar-refractivity contribution in [2.24, 2.45) is 4.99 Å². The van der Waals surface area contributed by atoms with Crippen LogP contribution in [0.15, 0.2) is 41.5 Å². The number of imidazole rings is 1. The minimum atomic E-state index is -0.556. The molecule has 17 heavy (non-hydrogen) atoms. The summed E-state index contributed by atoms with van der Waals surface area (Å²) in [7, 11) is 9.78. The summed E-state index contributed by atoms with van der Waals surface area (Å²) < 4.78 is 0. The first-order valence-corrected chi connectivity index (χ1v) is 9.07. The molecule has 1 aromatic heterocycles. The zero-order valence-corrected chi connectivity index (χ0v) is 12.2. The van der Waals surface area contributed by atoms with Crippen molar-refractivity contribution in [3.8, 4) is 0 Å². The van der Waals surface area contributed by atoms with E-state index in [-0.39, 0.29) is 0 Å². The van der Waals surface area contributed by atoms with E-state index in [1.807, 2.05) is 37.3 Å². The monoisotopic (exact) mass is 302 g/mol. The van der Waals surface area contributed by atoms with Gasteiger partial charge in [0, 0.05) is 6.21 Å². The van der Waals surface area contributed by atoms with E-state index in [4.69, 9.17) is 18.6 Å². The maximum absolute atomic E-state index is 4.89. The quantitative estimate of drug-likeness (QED) is 0.629. The fourth-order valence-electron chi connectivity index (χ4n) is 1.12. The summed E-state index contributed by atoms with van der Waals surface area (Å²) in [5, 5.41) is 0. The van der Waals surface area contributed by atoms with Gasteiger partial charge in [-0.2, -0.15) is 0 Å². The van der Waals surface area contributed by atoms with Crippen molar-refractivity contribution in [1.82, 2.24) is 9.97 Å². The van der Waals surface area contributed by atoms with Crippen LogP contribution in [0.3, 0.4) is 0 Å². The summed E-state index contributed by atoms with van der Waals surface area (Å²) in [6.45, 7) is 1.86. The molecule has 0 atom stereocenters. The molecule has 0 aliphatic rings. The van der Waals surface area contributed by atoms with Gasteiger partial charge in [-0.05, 0) is 24.8 Å². The van der Waals surface area contributed by atoms with Crippen molar-refractivity contribution in [3.05, 3.63) is 48.0 Å². The van der Waals surface area contributed by atoms with Crippen molar-refractivity contribution >= 4 is 30.5 Å². The number of halogens is 2. The predicted molar refractivity (Wildman–Crippen MR) is 67.7 cm³/mol. The van der Waals surface area contributed by atoms with Crippen LogP contribution in [-0.2, 0) is 17.0 Å². The molecule has 6 heteroatoms. The summed E-state index contributed by atoms with van der Waals surface area (Å²) in [4.78, 5) is 12.5. The molecule has 0 aliphatic heterocycles. The van der Waals surface area contributed by atoms with Crippen LogP contribution in [0.2, 0.25) is 0 Å². The van der Waals surface area contributed by atoms with Gasteiger partial charge >= 0.3 is 35.6 Å². The molecule has 0 unspecified atom stereocenters. The van der Waals surface area contributed by atoms with E-state index in [9.17, 15) is 0 Å². The number of aryl methyl sites for hydroxylation is 1. The number of rotatable bonds is 2. The van der Waals surface area contributed by atoms with Crippen LogP contribution in [0.25, 0.3) is 0 Å². The number of benzene rings is 1. The molecule has 0 bridgehead atoms. The van der Waals surface area contributed by atoms with Crippen molar-refractivity contribution in [2.45, 2.75) is 6.92 Å². The van der Waals surface area contributed by atoms with E-state index in [0.717, 1.165) is 17.2 Å². The van der Waals surface area contributed by atoms with Crippen molar-refractivity contribution in [1.29, 1.82) is 0 Å². The van der Waals surface area contributed by atoms with Gasteiger partial charge in [0.05, 0.1) is 5.69 Å². The third-order valence-electron chi connectivity index (χ3n) is 1.78. The minimum absolute atomic E-state index is 0.556. The summed E-state index contributed by atoms with van der Waals surface area (Å²) in [6.07, 6.45) is 3.43. The molecule has 1 heterocycles. The number of hydrogen-bond donors (Lipinski definition) is 0. The Kier molecular flexibility index (Phi) is 7.21. The summed E-state index contributed by atoms with van der Waals surface area (Å²) >= 11 is -0.556. The summed E-state index contributed by atoms with van der Waals surface area (Å²) in [5.41, 5.74) is 1.72. The van der Waals surface area contributed by atoms with Crippen molar-refractivity contribution in [3.63, 3.8) is 0 Å². The van der Waals surface area contributed by atoms with Crippen molar-refractivity contribution < 1.29 is 17.0 Å². The topological polar surface area (TPSA) is 39.4 Å². The van der Waals surface area contributed by atoms with Gasteiger partial charge in [-0.25, -0.2) is 0 Å². The fourth-order valence-corrected chi connectivity index (χ4v) is 1.12. The van der Waals surface area contributed by atoms with Gasteiger partial charge in [0.2, 0.25) is 0 Å². The van der Waals surface area contributed by atoms with Gasteiger partial charge in [-0.1, -0.05) is 30.2 Å². The second-order valence-electron chi connectivity index (χ2n) is 3.01. The average Bonchev–Trinajstić information content (AvgIpc) is 2.75. The standard InChI is InChI=1S/C11H10N3.2ClH.Ti/c1-9-12-7-11(14-9)8-13-10-5-3-2-4-6-10;;;/h2-8H,1H3;2*1H;/q-1;;;+2/p-2. The van der Waals surface area contributed by atoms with Gasteiger partial charge < -0.3 is 9.97 Å². The molecular weight excluding hydrogens is 293 g/mol. The van der Waals surface area contributed by atoms with E-state index >= 15 is 0 Å². The van der Waals surface area contributed by atoms with E-state index in [1.165, 1.54) is 0 Å². The SMILES string of the molecule is Cc1ncc(C=Nc2ccccc2)[n-]1.[Cl][Ti][Cl]. The second kappa shape index (κ2) is 8.48. The molecule has 0 amide bonds. The van der Waals surface area contributed by atoms with Crippen LogP contribution in [0.4, 0.5) is 5.69 Å². The van der Waals surface area contributed by atoms with Gasteiger partial charge in [0.15, 0.2) is 0 Å². The van der Waals surface area contributed by atoms with Gasteiger partial charge in [-0.15, -0.1) is 0 Å². The summed E-state index contributed by atoms with van der Waals surface area (Å²) in [6, 6.07) is 9.76. The van der Waals surface area contributed by atoms with Crippen LogP contribution >= 0.6 is 18.6 Å². The van der Waals surface area contributed by atoms with Crippen molar-refractivity contribution in [2.75, 3.05) is 0 Å². The summed E-state index contributed by atoms with van der Waals surface area (Å²) in [5.74, 6) is 0.777. The molecule has 2 aromatic rings. The second-order valence-corrected chi connectivity index (χ2v) is 5.59. The Morgan fingerprint density at radius 2 is 1.94 bits per heavy atom. The fraction of sp³-hybridized carbons (Fsp3) is 0.0909. The number of aliphatic imine (C=N–C) groups is 1. The van der Waals surface area contributed by atoms with E-state index in [1.54, 1.807) is 12.4 Å². The zero-order valence-electron chi connectivity index (χ0n) is 9.14. The molecular formula is C11H10Cl2N3Ti-. The molecule has 1 aromatic carbocycles. The van der Waals surface area contributed by atoms with E-state index in [0.29, 0.717) is 0 Å². The van der Waals surface area contributed by atoms with Crippen LogP contribution < -0.4 is 4.98 Å². The third-order valence-corrected chi connectivity index (χ3v) is 1.78. The van der Waals surface area contributed by atoms with Crippen LogP contribution in [0, 0.1) is 6.92 Å². The molecule has 0 spiro atoms. The van der Waals surface area contributed by atoms with Gasteiger partial charge in [-0.3, -0.25) is 4.99 Å². The van der Waals surface area contributed by atoms with E-state index in [2.05, 4.69) is 15.0 Å². The molecule has 0 saturated carbocycles. The number of para-hydroxylation sites is 1. The Morgan fingerprint density at radius 3 is 2.47 bits per heavy atom. The Labute approximate surface area is 117 Å². The van der Waals surface area contributed by atoms with Gasteiger partial charge in [0.1, 0.15) is 0 Å². The van der Waals surface area contributed by atoms with Crippen LogP contribution in [0.1, 0.15) is 11.5 Å². The number of nitrogens with zero attached hydrogens (tertiary/aromatic N) is 3. The molecule has 0 saturated heterocycles. The number of aromatic nitrogens is 2. The first kappa shape index (κ1) is 14.5. The molecule has 3 nitrogen and oxygen atoms in total. The maximum atomic E-state index is 4.89. The van der Waals surface area contributed by atoms with Gasteiger partial charge in [0.25, 0.3) is 0 Å². The van der Waals surface area contributed by atoms with Crippen LogP contribution in [0.5, 0.6) is 0 Å². The molecule has 2 rings (SSSR count). The van der Waals surface area contributed by atoms with E-state index < -0.39 is 17.0 Å². The zero-order chi connectivity index (χ0) is 12.5. The predicted octanol–water partition coefficient (Wildman–Crippen LogP) is 3.47. The van der Waals surface area contributed by atoms with Crippen LogP contribution in [-0.4, -0.2) is 11.2 Å². The molecule has 88 valence electrons. The molecule has 0 radical (unpaired) electrons. The normalized spacial score (nSPS) is 9.82. The molecule has 0 aliphatic carbocycles. The Balaban J connectivity index is 0.000000437. The average molecular weight is 303 g/mol. The first-order chi connectivity index (χ1) is 8.26. The molecule has 0 N–H and O–H groups in total. The Hall–Kier alpha value is -0.606. The Morgan fingerprint density at radius 1 is 1.29 bits per heavy atom. The third kappa shape index (κ3) is 6.03. The first-order valence-electron chi connectivity index (χ1n) is 4.78. The number of hydrogen-bond acceptors (Lipinski definition) is 2. The Bertz CT molecular complexity index is 457. The molecule has 0 fully saturated rings.